The summed E-state index contributed by atoms with van der Waals surface area (Å²) in [5, 5.41) is 4.48. The van der Waals surface area contributed by atoms with Crippen LogP contribution >= 0.6 is 0 Å². The van der Waals surface area contributed by atoms with Gasteiger partial charge in [0.2, 0.25) is 0 Å². The molecule has 4 heteroatoms. The van der Waals surface area contributed by atoms with Crippen LogP contribution in [0.1, 0.15) is 41.2 Å². The molecule has 1 aromatic heterocycles. The zero-order valence-electron chi connectivity index (χ0n) is 13.1. The van der Waals surface area contributed by atoms with E-state index in [9.17, 15) is 4.79 Å². The number of aryl methyl sites for hydroxylation is 3. The van der Waals surface area contributed by atoms with Crippen LogP contribution in [-0.2, 0) is 19.4 Å². The first kappa shape index (κ1) is 15.3. The summed E-state index contributed by atoms with van der Waals surface area (Å²) in [5.41, 5.74) is 3.71. The van der Waals surface area contributed by atoms with Gasteiger partial charge in [-0.15, -0.1) is 0 Å². The summed E-state index contributed by atoms with van der Waals surface area (Å²) in [5.74, 6) is 0.838. The molecule has 0 radical (unpaired) electrons. The maximum atomic E-state index is 12.5. The highest BCUT2D eigenvalue weighted by atomic mass is 16.5. The van der Waals surface area contributed by atoms with E-state index < -0.39 is 0 Å². The molecule has 0 atom stereocenters. The molecule has 0 bridgehead atoms. The number of ether oxygens (including phenoxy) is 1. The van der Waals surface area contributed by atoms with Gasteiger partial charge in [-0.05, 0) is 38.0 Å². The summed E-state index contributed by atoms with van der Waals surface area (Å²) >= 11 is 0. The maximum Gasteiger partial charge on any atom is 0.168 e. The third-order valence-electron chi connectivity index (χ3n) is 3.65. The van der Waals surface area contributed by atoms with Crippen LogP contribution in [0.4, 0.5) is 0 Å². The molecule has 1 heterocycles. The SMILES string of the molecule is CCc1cc(CC(=O)c2ccc(C)c(OC)c2)n(CC)n1. The summed E-state index contributed by atoms with van der Waals surface area (Å²) in [6.45, 7) is 6.85. The predicted octanol–water partition coefficient (Wildman–Crippen LogP) is 3.21. The zero-order chi connectivity index (χ0) is 15.4. The van der Waals surface area contributed by atoms with Crippen molar-refractivity contribution < 1.29 is 9.53 Å². The van der Waals surface area contributed by atoms with Gasteiger partial charge in [-0.2, -0.15) is 5.10 Å². The number of rotatable bonds is 6. The molecule has 1 aromatic carbocycles. The first-order valence-corrected chi connectivity index (χ1v) is 7.32. The Morgan fingerprint density at radius 1 is 1.29 bits per heavy atom. The van der Waals surface area contributed by atoms with E-state index in [1.807, 2.05) is 42.8 Å². The number of hydrogen-bond donors (Lipinski definition) is 0. The molecule has 0 unspecified atom stereocenters. The largest absolute Gasteiger partial charge is 0.496 e. The lowest BCUT2D eigenvalue weighted by Crippen LogP contribution is -2.10. The number of carbonyl (C=O) groups is 1. The Hall–Kier alpha value is -2.10. The molecule has 0 saturated carbocycles. The molecule has 0 fully saturated rings. The van der Waals surface area contributed by atoms with Crippen LogP contribution in [0.25, 0.3) is 0 Å². The van der Waals surface area contributed by atoms with Crippen molar-refractivity contribution in [3.63, 3.8) is 0 Å². The molecule has 0 N–H and O–H groups in total. The van der Waals surface area contributed by atoms with Crippen molar-refractivity contribution in [2.24, 2.45) is 0 Å². The van der Waals surface area contributed by atoms with Gasteiger partial charge in [-0.1, -0.05) is 19.1 Å². The fourth-order valence-electron chi connectivity index (χ4n) is 2.36. The number of Topliss-reactive ketones (excluding diaryl/α,β-unsaturated/α-hetero) is 1. The Labute approximate surface area is 125 Å². The molecular weight excluding hydrogens is 264 g/mol. The average molecular weight is 286 g/mol. The van der Waals surface area contributed by atoms with Crippen LogP contribution in [0.3, 0.4) is 0 Å². The standard InChI is InChI=1S/C17H22N2O2/c1-5-14-10-15(19(6-2)18-14)11-16(20)13-8-7-12(3)17(9-13)21-4/h7-10H,5-6,11H2,1-4H3. The minimum atomic E-state index is 0.0885. The predicted molar refractivity (Wildman–Crippen MR) is 83.0 cm³/mol. The van der Waals surface area contributed by atoms with Crippen LogP contribution in [0, 0.1) is 6.92 Å². The highest BCUT2D eigenvalue weighted by Gasteiger charge is 2.13. The molecule has 0 spiro atoms. The monoisotopic (exact) mass is 286 g/mol. The maximum absolute atomic E-state index is 12.5. The minimum absolute atomic E-state index is 0.0885. The van der Waals surface area contributed by atoms with E-state index in [1.165, 1.54) is 0 Å². The number of methoxy groups -OCH3 is 1. The topological polar surface area (TPSA) is 44.1 Å². The van der Waals surface area contributed by atoms with E-state index >= 15 is 0 Å². The summed E-state index contributed by atoms with van der Waals surface area (Å²) in [4.78, 5) is 12.5. The molecule has 4 nitrogen and oxygen atoms in total. The lowest BCUT2D eigenvalue weighted by atomic mass is 10.0. The number of carbonyl (C=O) groups excluding carboxylic acids is 1. The third kappa shape index (κ3) is 3.32. The molecule has 2 rings (SSSR count). The van der Waals surface area contributed by atoms with Gasteiger partial charge in [0.05, 0.1) is 19.2 Å². The summed E-state index contributed by atoms with van der Waals surface area (Å²) < 4.78 is 7.19. The van der Waals surface area contributed by atoms with Crippen molar-refractivity contribution in [3.05, 3.63) is 46.8 Å². The Morgan fingerprint density at radius 3 is 2.67 bits per heavy atom. The van der Waals surface area contributed by atoms with E-state index in [1.54, 1.807) is 7.11 Å². The van der Waals surface area contributed by atoms with Gasteiger partial charge >= 0.3 is 0 Å². The molecule has 21 heavy (non-hydrogen) atoms. The summed E-state index contributed by atoms with van der Waals surface area (Å²) in [7, 11) is 1.62. The molecule has 0 aliphatic heterocycles. The van der Waals surface area contributed by atoms with Crippen LogP contribution < -0.4 is 4.74 Å². The quantitative estimate of drug-likeness (QED) is 0.766. The van der Waals surface area contributed by atoms with Crippen molar-refractivity contribution in [1.29, 1.82) is 0 Å². The normalized spacial score (nSPS) is 10.7. The average Bonchev–Trinajstić information content (AvgIpc) is 2.89. The van der Waals surface area contributed by atoms with Crippen LogP contribution in [0.5, 0.6) is 5.75 Å². The molecule has 0 aliphatic rings. The Bertz CT molecular complexity index is 644. The highest BCUT2D eigenvalue weighted by Crippen LogP contribution is 2.20. The van der Waals surface area contributed by atoms with E-state index in [4.69, 9.17) is 4.74 Å². The second-order valence-corrected chi connectivity index (χ2v) is 5.08. The first-order valence-electron chi connectivity index (χ1n) is 7.32. The van der Waals surface area contributed by atoms with E-state index in [-0.39, 0.29) is 5.78 Å². The second-order valence-electron chi connectivity index (χ2n) is 5.08. The third-order valence-corrected chi connectivity index (χ3v) is 3.65. The van der Waals surface area contributed by atoms with Crippen molar-refractivity contribution in [2.45, 2.75) is 40.2 Å². The zero-order valence-corrected chi connectivity index (χ0v) is 13.1. The Morgan fingerprint density at radius 2 is 2.05 bits per heavy atom. The van der Waals surface area contributed by atoms with Crippen molar-refractivity contribution in [3.8, 4) is 5.75 Å². The van der Waals surface area contributed by atoms with Crippen LogP contribution in [0.15, 0.2) is 24.3 Å². The van der Waals surface area contributed by atoms with E-state index in [0.717, 1.165) is 35.7 Å². The van der Waals surface area contributed by atoms with Gasteiger partial charge in [0.25, 0.3) is 0 Å². The molecule has 112 valence electrons. The number of nitrogens with zero attached hydrogens (tertiary/aromatic N) is 2. The highest BCUT2D eigenvalue weighted by molar-refractivity contribution is 5.97. The van der Waals surface area contributed by atoms with Gasteiger partial charge in [0.15, 0.2) is 5.78 Å². The van der Waals surface area contributed by atoms with Gasteiger partial charge in [-0.25, -0.2) is 0 Å². The van der Waals surface area contributed by atoms with Gasteiger partial charge in [0, 0.05) is 17.8 Å². The lowest BCUT2D eigenvalue weighted by molar-refractivity contribution is 0.0990. The van der Waals surface area contributed by atoms with Crippen LogP contribution in [0.2, 0.25) is 0 Å². The molecule has 0 amide bonds. The second kappa shape index (κ2) is 6.57. The van der Waals surface area contributed by atoms with Crippen molar-refractivity contribution in [1.82, 2.24) is 9.78 Å². The number of benzene rings is 1. The number of ketones is 1. The van der Waals surface area contributed by atoms with Gasteiger partial charge in [0.1, 0.15) is 5.75 Å². The molecule has 0 saturated heterocycles. The first-order chi connectivity index (χ1) is 10.1. The number of aromatic nitrogens is 2. The molecule has 2 aromatic rings. The summed E-state index contributed by atoms with van der Waals surface area (Å²) in [6.07, 6.45) is 1.25. The smallest absolute Gasteiger partial charge is 0.168 e. The summed E-state index contributed by atoms with van der Waals surface area (Å²) in [6, 6.07) is 7.60. The molecular formula is C17H22N2O2. The van der Waals surface area contributed by atoms with E-state index in [2.05, 4.69) is 12.0 Å². The molecule has 0 aliphatic carbocycles. The Kier molecular flexibility index (Phi) is 4.78. The van der Waals surface area contributed by atoms with Crippen molar-refractivity contribution >= 4 is 5.78 Å². The minimum Gasteiger partial charge on any atom is -0.496 e. The van der Waals surface area contributed by atoms with Crippen molar-refractivity contribution in [2.75, 3.05) is 7.11 Å². The van der Waals surface area contributed by atoms with Crippen LogP contribution in [-0.4, -0.2) is 22.7 Å². The Balaban J connectivity index is 2.23. The van der Waals surface area contributed by atoms with E-state index in [0.29, 0.717) is 12.0 Å². The lowest BCUT2D eigenvalue weighted by Gasteiger charge is -2.08. The van der Waals surface area contributed by atoms with Gasteiger partial charge in [-0.3, -0.25) is 9.48 Å². The van der Waals surface area contributed by atoms with Gasteiger partial charge < -0.3 is 4.74 Å². The fourth-order valence-corrected chi connectivity index (χ4v) is 2.36. The number of hydrogen-bond acceptors (Lipinski definition) is 3. The fraction of sp³-hybridized carbons (Fsp3) is 0.412.